The Morgan fingerprint density at radius 3 is 2.12 bits per heavy atom. The maximum atomic E-state index is 13.0. The molecule has 4 aromatic rings. The van der Waals surface area contributed by atoms with Gasteiger partial charge in [-0.3, -0.25) is 0 Å². The molecule has 0 aliphatic heterocycles. The van der Waals surface area contributed by atoms with Crippen LogP contribution in [0.2, 0.25) is 15.1 Å². The molecule has 0 aliphatic rings. The van der Waals surface area contributed by atoms with Gasteiger partial charge in [0.25, 0.3) is 0 Å². The zero-order valence-electron chi connectivity index (χ0n) is 16.5. The monoisotopic (exact) mass is 522 g/mol. The second-order valence-corrected chi connectivity index (χ2v) is 11.4. The molecule has 0 bridgehead atoms. The van der Waals surface area contributed by atoms with Gasteiger partial charge in [-0.25, -0.2) is 13.4 Å². The van der Waals surface area contributed by atoms with Crippen LogP contribution >= 0.6 is 46.6 Å². The third-order valence-corrected chi connectivity index (χ3v) is 8.80. The molecule has 0 saturated carbocycles. The summed E-state index contributed by atoms with van der Waals surface area (Å²) < 4.78 is 27.9. The molecule has 164 valence electrons. The van der Waals surface area contributed by atoms with Crippen LogP contribution in [0.3, 0.4) is 0 Å². The Bertz CT molecular complexity index is 1310. The molecule has 0 spiro atoms. The number of rotatable bonds is 7. The van der Waals surface area contributed by atoms with Gasteiger partial charge in [-0.05, 0) is 60.2 Å². The van der Waals surface area contributed by atoms with Gasteiger partial charge >= 0.3 is 0 Å². The zero-order chi connectivity index (χ0) is 22.7. The molecule has 1 aromatic heterocycles. The van der Waals surface area contributed by atoms with Crippen molar-refractivity contribution in [2.45, 2.75) is 26.5 Å². The molecule has 32 heavy (non-hydrogen) atoms. The Morgan fingerprint density at radius 1 is 0.875 bits per heavy atom. The van der Waals surface area contributed by atoms with Gasteiger partial charge in [0.15, 0.2) is 0 Å². The topological polar surface area (TPSA) is 52.0 Å². The average molecular weight is 524 g/mol. The van der Waals surface area contributed by atoms with Crippen molar-refractivity contribution >= 4 is 56.4 Å². The fourth-order valence-electron chi connectivity index (χ4n) is 3.12. The Labute approximate surface area is 206 Å². The molecular formula is C23H17Cl3N2O2S2. The second kappa shape index (κ2) is 9.89. The van der Waals surface area contributed by atoms with E-state index in [2.05, 4.69) is 4.98 Å². The standard InChI is InChI=1S/C23H17Cl3N2O2S2/c24-17-3-8-20(9-4-17)32(29,30)19-6-1-16(2-7-19)23(14-28-12-11-27-15-28)31-18-5-10-21(25)22(26)13-18/h1-13,15,23H,14H2. The first-order valence-corrected chi connectivity index (χ1v) is 13.0. The van der Waals surface area contributed by atoms with Crippen LogP contribution in [0.15, 0.2) is 100 Å². The number of benzene rings is 3. The molecule has 1 unspecified atom stereocenters. The minimum atomic E-state index is -3.63. The number of aromatic nitrogens is 2. The predicted octanol–water partition coefficient (Wildman–Crippen LogP) is 7.21. The lowest BCUT2D eigenvalue weighted by atomic mass is 10.1. The Balaban J connectivity index is 1.63. The summed E-state index contributed by atoms with van der Waals surface area (Å²) in [7, 11) is -3.63. The van der Waals surface area contributed by atoms with Crippen LogP contribution in [0, 0.1) is 0 Å². The van der Waals surface area contributed by atoms with Crippen LogP contribution < -0.4 is 0 Å². The molecule has 0 aliphatic carbocycles. The largest absolute Gasteiger partial charge is 0.336 e. The van der Waals surface area contributed by atoms with Crippen molar-refractivity contribution in [2.24, 2.45) is 0 Å². The van der Waals surface area contributed by atoms with Crippen molar-refractivity contribution in [3.63, 3.8) is 0 Å². The van der Waals surface area contributed by atoms with Gasteiger partial charge in [0, 0.05) is 28.9 Å². The Hall–Kier alpha value is -1.96. The molecule has 4 rings (SSSR count). The van der Waals surface area contributed by atoms with Gasteiger partial charge in [-0.15, -0.1) is 11.8 Å². The maximum Gasteiger partial charge on any atom is 0.206 e. The molecule has 1 atom stereocenters. The summed E-state index contributed by atoms with van der Waals surface area (Å²) in [5.74, 6) is 0. The summed E-state index contributed by atoms with van der Waals surface area (Å²) >= 11 is 19.7. The van der Waals surface area contributed by atoms with Crippen molar-refractivity contribution in [3.8, 4) is 0 Å². The summed E-state index contributed by atoms with van der Waals surface area (Å²) in [5.41, 5.74) is 0.977. The lowest BCUT2D eigenvalue weighted by Crippen LogP contribution is -2.06. The Morgan fingerprint density at radius 2 is 1.53 bits per heavy atom. The van der Waals surface area contributed by atoms with E-state index < -0.39 is 9.84 Å². The lowest BCUT2D eigenvalue weighted by Gasteiger charge is -2.18. The van der Waals surface area contributed by atoms with E-state index in [4.69, 9.17) is 34.8 Å². The molecular weight excluding hydrogens is 507 g/mol. The van der Waals surface area contributed by atoms with E-state index in [0.29, 0.717) is 21.6 Å². The van der Waals surface area contributed by atoms with Crippen molar-refractivity contribution in [3.05, 3.63) is 106 Å². The normalized spacial score (nSPS) is 12.6. The van der Waals surface area contributed by atoms with Gasteiger partial charge in [0.2, 0.25) is 9.84 Å². The number of halogens is 3. The number of sulfone groups is 1. The highest BCUT2D eigenvalue weighted by molar-refractivity contribution is 7.99. The molecule has 0 N–H and O–H groups in total. The van der Waals surface area contributed by atoms with Crippen LogP contribution in [-0.2, 0) is 16.4 Å². The molecule has 0 amide bonds. The summed E-state index contributed by atoms with van der Waals surface area (Å²) in [6.07, 6.45) is 5.37. The molecule has 4 nitrogen and oxygen atoms in total. The summed E-state index contributed by atoms with van der Waals surface area (Å²) in [6, 6.07) is 18.6. The van der Waals surface area contributed by atoms with E-state index >= 15 is 0 Å². The van der Waals surface area contributed by atoms with E-state index in [1.165, 1.54) is 12.1 Å². The SMILES string of the molecule is O=S(=O)(c1ccc(Cl)cc1)c1ccc(C(Cn2ccnc2)Sc2ccc(Cl)c(Cl)c2)cc1. The first-order chi connectivity index (χ1) is 15.3. The van der Waals surface area contributed by atoms with Crippen LogP contribution in [0.1, 0.15) is 10.8 Å². The number of nitrogens with zero attached hydrogens (tertiary/aromatic N) is 2. The van der Waals surface area contributed by atoms with E-state index in [0.717, 1.165) is 10.5 Å². The highest BCUT2D eigenvalue weighted by Gasteiger charge is 2.20. The lowest BCUT2D eigenvalue weighted by molar-refractivity contribution is 0.596. The summed E-state index contributed by atoms with van der Waals surface area (Å²) in [4.78, 5) is 5.50. The van der Waals surface area contributed by atoms with Crippen LogP contribution in [0.5, 0.6) is 0 Å². The second-order valence-electron chi connectivity index (χ2n) is 6.97. The molecule has 0 fully saturated rings. The predicted molar refractivity (Wildman–Crippen MR) is 131 cm³/mol. The number of thioether (sulfide) groups is 1. The van der Waals surface area contributed by atoms with E-state index in [1.54, 1.807) is 54.6 Å². The van der Waals surface area contributed by atoms with Crippen LogP contribution in [0.4, 0.5) is 0 Å². The third kappa shape index (κ3) is 5.33. The Kier molecular flexibility index (Phi) is 7.17. The molecule has 1 heterocycles. The molecule has 9 heteroatoms. The smallest absolute Gasteiger partial charge is 0.206 e. The first kappa shape index (κ1) is 23.2. The minimum Gasteiger partial charge on any atom is -0.336 e. The van der Waals surface area contributed by atoms with Crippen LogP contribution in [0.25, 0.3) is 0 Å². The zero-order valence-corrected chi connectivity index (χ0v) is 20.4. The minimum absolute atomic E-state index is 0.00581. The van der Waals surface area contributed by atoms with Gasteiger partial charge in [0.1, 0.15) is 0 Å². The van der Waals surface area contributed by atoms with Crippen molar-refractivity contribution in [1.82, 2.24) is 9.55 Å². The first-order valence-electron chi connectivity index (χ1n) is 9.51. The number of imidazole rings is 1. The highest BCUT2D eigenvalue weighted by Crippen LogP contribution is 2.39. The van der Waals surface area contributed by atoms with E-state index in [9.17, 15) is 8.42 Å². The van der Waals surface area contributed by atoms with Crippen molar-refractivity contribution in [2.75, 3.05) is 0 Å². The van der Waals surface area contributed by atoms with Gasteiger partial charge in [0.05, 0.1) is 31.4 Å². The third-order valence-electron chi connectivity index (χ3n) is 4.79. The molecule has 0 saturated heterocycles. The molecule has 0 radical (unpaired) electrons. The van der Waals surface area contributed by atoms with Crippen molar-refractivity contribution < 1.29 is 8.42 Å². The summed E-state index contributed by atoms with van der Waals surface area (Å²) in [6.45, 7) is 0.647. The maximum absolute atomic E-state index is 13.0. The quantitative estimate of drug-likeness (QED) is 0.240. The fourth-order valence-corrected chi connectivity index (χ4v) is 6.07. The number of hydrogen-bond acceptors (Lipinski definition) is 4. The van der Waals surface area contributed by atoms with Gasteiger partial charge in [-0.1, -0.05) is 46.9 Å². The van der Waals surface area contributed by atoms with E-state index in [1.807, 2.05) is 35.0 Å². The van der Waals surface area contributed by atoms with Gasteiger partial charge < -0.3 is 4.57 Å². The summed E-state index contributed by atoms with van der Waals surface area (Å²) in [5, 5.41) is 1.47. The number of hydrogen-bond donors (Lipinski definition) is 0. The molecule has 3 aromatic carbocycles. The van der Waals surface area contributed by atoms with Gasteiger partial charge in [-0.2, -0.15) is 0 Å². The fraction of sp³-hybridized carbons (Fsp3) is 0.0870. The average Bonchev–Trinajstić information content (AvgIpc) is 3.29. The van der Waals surface area contributed by atoms with E-state index in [-0.39, 0.29) is 15.0 Å². The highest BCUT2D eigenvalue weighted by atomic mass is 35.5. The van der Waals surface area contributed by atoms with Crippen LogP contribution in [-0.4, -0.2) is 18.0 Å². The van der Waals surface area contributed by atoms with Crippen molar-refractivity contribution in [1.29, 1.82) is 0 Å².